The number of H-pyrrole nitrogens is 1. The van der Waals surface area contributed by atoms with E-state index in [4.69, 9.17) is 0 Å². The van der Waals surface area contributed by atoms with E-state index in [9.17, 15) is 0 Å². The first-order valence-electron chi connectivity index (χ1n) is 5.81. The predicted octanol–water partition coefficient (Wildman–Crippen LogP) is -0.459. The van der Waals surface area contributed by atoms with Gasteiger partial charge in [0.2, 0.25) is 0 Å². The first kappa shape index (κ1) is 13.0. The molecule has 0 bridgehead atoms. The molecule has 0 radical (unpaired) electrons. The fraction of sp³-hybridized carbons (Fsp3) is 0.143. The van der Waals surface area contributed by atoms with E-state index >= 15 is 0 Å². The van der Waals surface area contributed by atoms with Crippen LogP contribution in [0.2, 0.25) is 0 Å². The van der Waals surface area contributed by atoms with Crippen molar-refractivity contribution >= 4 is 11.0 Å². The second kappa shape index (κ2) is 5.48. The fourth-order valence-electron chi connectivity index (χ4n) is 1.92. The number of imidazole rings is 1. The molecule has 2 heterocycles. The number of rotatable bonds is 2. The number of nitrogens with one attached hydrogen (secondary N) is 1. The molecule has 0 saturated heterocycles. The molecule has 18 heavy (non-hydrogen) atoms. The minimum absolute atomic E-state index is 0. The van der Waals surface area contributed by atoms with Gasteiger partial charge in [0.25, 0.3) is 0 Å². The summed E-state index contributed by atoms with van der Waals surface area (Å²) in [6.07, 6.45) is 4.14. The quantitative estimate of drug-likeness (QED) is 0.492. The van der Waals surface area contributed by atoms with E-state index in [1.807, 2.05) is 24.3 Å². The van der Waals surface area contributed by atoms with Gasteiger partial charge in [-0.25, -0.2) is 9.55 Å². The Kier molecular flexibility index (Phi) is 3.96. The molecule has 0 aliphatic carbocycles. The average molecular weight is 351 g/mol. The van der Waals surface area contributed by atoms with Gasteiger partial charge in [-0.1, -0.05) is 12.1 Å². The number of aromatic nitrogens is 3. The Balaban J connectivity index is 0.00000120. The number of aryl methyl sites for hydroxylation is 1. The van der Waals surface area contributed by atoms with E-state index in [0.717, 1.165) is 29.0 Å². The summed E-state index contributed by atoms with van der Waals surface area (Å²) in [5.41, 5.74) is 3.20. The van der Waals surface area contributed by atoms with Gasteiger partial charge in [0.15, 0.2) is 12.4 Å². The molecule has 3 nitrogen and oxygen atoms in total. The van der Waals surface area contributed by atoms with Crippen molar-refractivity contribution in [2.45, 2.75) is 13.5 Å². The SMILES string of the molecule is CC[n+]1ccc(-c2nc3ccccc3[nH]2)cc1.[I-]. The summed E-state index contributed by atoms with van der Waals surface area (Å²) >= 11 is 0. The van der Waals surface area contributed by atoms with Crippen LogP contribution in [0.15, 0.2) is 48.8 Å². The van der Waals surface area contributed by atoms with Crippen LogP contribution in [-0.4, -0.2) is 9.97 Å². The number of pyridine rings is 1. The number of aromatic amines is 1. The van der Waals surface area contributed by atoms with Crippen molar-refractivity contribution in [1.29, 1.82) is 0 Å². The normalized spacial score (nSPS) is 10.3. The Morgan fingerprint density at radius 1 is 1.11 bits per heavy atom. The molecule has 1 N–H and O–H groups in total. The van der Waals surface area contributed by atoms with Crippen molar-refractivity contribution in [3.63, 3.8) is 0 Å². The van der Waals surface area contributed by atoms with Crippen LogP contribution in [0.5, 0.6) is 0 Å². The second-order valence-corrected chi connectivity index (χ2v) is 4.02. The molecule has 2 aromatic heterocycles. The zero-order valence-electron chi connectivity index (χ0n) is 10.1. The van der Waals surface area contributed by atoms with Gasteiger partial charge in [-0.3, -0.25) is 0 Å². The lowest BCUT2D eigenvalue weighted by atomic mass is 10.2. The molecule has 92 valence electrons. The van der Waals surface area contributed by atoms with Crippen LogP contribution < -0.4 is 28.5 Å². The van der Waals surface area contributed by atoms with Crippen molar-refractivity contribution in [2.75, 3.05) is 0 Å². The fourth-order valence-corrected chi connectivity index (χ4v) is 1.92. The largest absolute Gasteiger partial charge is 1.00 e. The zero-order valence-corrected chi connectivity index (χ0v) is 12.3. The Bertz CT molecular complexity index is 610. The number of hydrogen-bond acceptors (Lipinski definition) is 1. The first-order valence-corrected chi connectivity index (χ1v) is 5.81. The van der Waals surface area contributed by atoms with Gasteiger partial charge in [-0.2, -0.15) is 0 Å². The molecule has 0 atom stereocenters. The van der Waals surface area contributed by atoms with Crippen LogP contribution in [-0.2, 0) is 6.54 Å². The molecule has 1 aromatic carbocycles. The molecule has 0 amide bonds. The van der Waals surface area contributed by atoms with Gasteiger partial charge < -0.3 is 29.0 Å². The van der Waals surface area contributed by atoms with Gasteiger partial charge >= 0.3 is 0 Å². The maximum Gasteiger partial charge on any atom is 0.169 e. The van der Waals surface area contributed by atoms with Crippen LogP contribution in [0.25, 0.3) is 22.4 Å². The van der Waals surface area contributed by atoms with Crippen LogP contribution in [0.3, 0.4) is 0 Å². The van der Waals surface area contributed by atoms with Crippen LogP contribution in [0.1, 0.15) is 6.92 Å². The number of nitrogens with zero attached hydrogens (tertiary/aromatic N) is 2. The van der Waals surface area contributed by atoms with Crippen molar-refractivity contribution in [1.82, 2.24) is 9.97 Å². The number of halogens is 1. The number of para-hydroxylation sites is 2. The number of fused-ring (bicyclic) bond motifs is 1. The molecular formula is C14H14IN3. The van der Waals surface area contributed by atoms with E-state index in [-0.39, 0.29) is 24.0 Å². The summed E-state index contributed by atoms with van der Waals surface area (Å²) in [6, 6.07) is 12.2. The highest BCUT2D eigenvalue weighted by Gasteiger charge is 2.06. The van der Waals surface area contributed by atoms with Crippen LogP contribution >= 0.6 is 0 Å². The zero-order chi connectivity index (χ0) is 11.7. The van der Waals surface area contributed by atoms with Crippen molar-refractivity contribution in [3.05, 3.63) is 48.8 Å². The lowest BCUT2D eigenvalue weighted by molar-refractivity contribution is -0.693. The maximum atomic E-state index is 4.57. The van der Waals surface area contributed by atoms with Crippen molar-refractivity contribution in [3.8, 4) is 11.4 Å². The highest BCUT2D eigenvalue weighted by molar-refractivity contribution is 5.78. The Hall–Kier alpha value is -1.43. The molecule has 0 aliphatic heterocycles. The number of hydrogen-bond donors (Lipinski definition) is 1. The van der Waals surface area contributed by atoms with E-state index in [1.54, 1.807) is 0 Å². The topological polar surface area (TPSA) is 32.6 Å². The van der Waals surface area contributed by atoms with Crippen LogP contribution in [0, 0.1) is 0 Å². The summed E-state index contributed by atoms with van der Waals surface area (Å²) < 4.78 is 2.13. The predicted molar refractivity (Wildman–Crippen MR) is 67.4 cm³/mol. The van der Waals surface area contributed by atoms with Gasteiger partial charge in [0.1, 0.15) is 12.4 Å². The van der Waals surface area contributed by atoms with Crippen molar-refractivity contribution in [2.24, 2.45) is 0 Å². The highest BCUT2D eigenvalue weighted by atomic mass is 127. The Morgan fingerprint density at radius 3 is 2.50 bits per heavy atom. The summed E-state index contributed by atoms with van der Waals surface area (Å²) in [4.78, 5) is 7.90. The summed E-state index contributed by atoms with van der Waals surface area (Å²) in [5, 5.41) is 0. The van der Waals surface area contributed by atoms with E-state index in [2.05, 4.69) is 46.0 Å². The minimum Gasteiger partial charge on any atom is -1.00 e. The Labute approximate surface area is 123 Å². The minimum atomic E-state index is 0. The third kappa shape index (κ3) is 2.38. The molecule has 3 rings (SSSR count). The molecule has 4 heteroatoms. The summed E-state index contributed by atoms with van der Waals surface area (Å²) in [5.74, 6) is 0.925. The average Bonchev–Trinajstić information content (AvgIpc) is 2.82. The smallest absolute Gasteiger partial charge is 0.169 e. The third-order valence-corrected chi connectivity index (χ3v) is 2.92. The summed E-state index contributed by atoms with van der Waals surface area (Å²) in [7, 11) is 0. The standard InChI is InChI=1S/C14H13N3.HI/c1-2-17-9-7-11(8-10-17)14-15-12-5-3-4-6-13(12)16-14;/h3-10H,2H2,1H3;1H. The van der Waals surface area contributed by atoms with Crippen LogP contribution in [0.4, 0.5) is 0 Å². The first-order chi connectivity index (χ1) is 8.36. The van der Waals surface area contributed by atoms with E-state index in [1.165, 1.54) is 0 Å². The molecular weight excluding hydrogens is 337 g/mol. The van der Waals surface area contributed by atoms with Gasteiger partial charge in [-0.05, 0) is 19.1 Å². The third-order valence-electron chi connectivity index (χ3n) is 2.92. The number of benzene rings is 1. The molecule has 0 fully saturated rings. The molecule has 0 unspecified atom stereocenters. The lowest BCUT2D eigenvalue weighted by Gasteiger charge is -1.95. The summed E-state index contributed by atoms with van der Waals surface area (Å²) in [6.45, 7) is 3.11. The highest BCUT2D eigenvalue weighted by Crippen LogP contribution is 2.18. The second-order valence-electron chi connectivity index (χ2n) is 4.02. The lowest BCUT2D eigenvalue weighted by Crippen LogP contribution is -3.00. The van der Waals surface area contributed by atoms with E-state index in [0.29, 0.717) is 0 Å². The van der Waals surface area contributed by atoms with E-state index < -0.39 is 0 Å². The molecule has 3 aromatic rings. The van der Waals surface area contributed by atoms with Crippen molar-refractivity contribution < 1.29 is 28.5 Å². The van der Waals surface area contributed by atoms with Gasteiger partial charge in [0, 0.05) is 17.7 Å². The maximum absolute atomic E-state index is 4.57. The molecule has 0 saturated carbocycles. The monoisotopic (exact) mass is 351 g/mol. The molecule has 0 spiro atoms. The van der Waals surface area contributed by atoms with Gasteiger partial charge in [0.05, 0.1) is 11.0 Å². The Morgan fingerprint density at radius 2 is 1.83 bits per heavy atom. The van der Waals surface area contributed by atoms with Gasteiger partial charge in [-0.15, -0.1) is 0 Å². The molecule has 0 aliphatic rings.